The van der Waals surface area contributed by atoms with Crippen LogP contribution in [0.2, 0.25) is 0 Å². The minimum atomic E-state index is 0.418. The highest BCUT2D eigenvalue weighted by Crippen LogP contribution is 2.51. The minimum absolute atomic E-state index is 0.418. The Kier molecular flexibility index (Phi) is 11.4. The predicted molar refractivity (Wildman–Crippen MR) is 235 cm³/mol. The molecule has 0 N–H and O–H groups in total. The first kappa shape index (κ1) is 37.4. The first-order valence-electron chi connectivity index (χ1n) is 23.2. The van der Waals surface area contributed by atoms with Crippen molar-refractivity contribution in [2.45, 2.75) is 155 Å². The lowest BCUT2D eigenvalue weighted by molar-refractivity contribution is 0.151. The maximum absolute atomic E-state index is 3.09. The molecule has 1 heterocycles. The molecule has 1 saturated carbocycles. The number of rotatable bonds is 8. The summed E-state index contributed by atoms with van der Waals surface area (Å²) < 4.78 is 0. The molecule has 0 aromatic heterocycles. The van der Waals surface area contributed by atoms with Gasteiger partial charge in [0.2, 0.25) is 0 Å². The van der Waals surface area contributed by atoms with Gasteiger partial charge in [-0.05, 0) is 195 Å². The van der Waals surface area contributed by atoms with E-state index in [9.17, 15) is 0 Å². The van der Waals surface area contributed by atoms with Crippen LogP contribution >= 0.6 is 0 Å². The molecule has 0 saturated heterocycles. The van der Waals surface area contributed by atoms with Gasteiger partial charge in [-0.3, -0.25) is 4.90 Å². The average Bonchev–Trinajstić information content (AvgIpc) is 3.24. The largest absolute Gasteiger partial charge is 0.286 e. The van der Waals surface area contributed by atoms with E-state index >= 15 is 0 Å². The lowest BCUT2D eigenvalue weighted by Gasteiger charge is -2.48. The highest BCUT2D eigenvalue weighted by Gasteiger charge is 2.42. The molecule has 0 aromatic rings. The van der Waals surface area contributed by atoms with Crippen molar-refractivity contribution in [2.75, 3.05) is 6.54 Å². The fourth-order valence-corrected chi connectivity index (χ4v) is 12.6. The molecule has 0 aromatic carbocycles. The molecule has 0 amide bonds. The zero-order valence-corrected chi connectivity index (χ0v) is 34.6. The zero-order chi connectivity index (χ0) is 37.3. The van der Waals surface area contributed by atoms with Crippen molar-refractivity contribution in [1.82, 2.24) is 4.90 Å². The van der Waals surface area contributed by atoms with E-state index in [1.54, 1.807) is 55.7 Å². The van der Waals surface area contributed by atoms with Gasteiger partial charge in [0.25, 0.3) is 0 Å². The molecule has 0 bridgehead atoms. The molecule has 1 nitrogen and oxygen atoms in total. The second-order valence-corrected chi connectivity index (χ2v) is 18.6. The lowest BCUT2D eigenvalue weighted by atomic mass is 9.64. The molecule has 0 radical (unpaired) electrons. The van der Waals surface area contributed by atoms with Gasteiger partial charge in [-0.1, -0.05) is 111 Å². The maximum Gasteiger partial charge on any atom is 0.0397 e. The molecule has 8 aliphatic carbocycles. The molecule has 1 heteroatoms. The van der Waals surface area contributed by atoms with Gasteiger partial charge in [0.05, 0.1) is 0 Å². The highest BCUT2D eigenvalue weighted by atomic mass is 15.2. The Labute approximate surface area is 335 Å². The summed E-state index contributed by atoms with van der Waals surface area (Å²) in [6.45, 7) is 8.36. The van der Waals surface area contributed by atoms with Gasteiger partial charge >= 0.3 is 0 Å². The SMILES string of the molecule is CCCC/C=C(\CC)C1=C2C=CCCC2C(/C2=C3\CCC=C\C3=C(\C)C3=CC=C(C4C=C5CCCCC5=CC4)CC3N(C3C=CC4CCC=CC4C3)C2)CC1. The fraction of sp³-hybridized carbons (Fsp3) is 0.556. The van der Waals surface area contributed by atoms with E-state index in [1.807, 2.05) is 5.57 Å². The number of unbranched alkanes of at least 4 members (excludes halogenated alkanes) is 2. The first-order chi connectivity index (χ1) is 27.1. The van der Waals surface area contributed by atoms with Gasteiger partial charge < -0.3 is 0 Å². The van der Waals surface area contributed by atoms with Crippen LogP contribution < -0.4 is 0 Å². The van der Waals surface area contributed by atoms with E-state index in [2.05, 4.69) is 105 Å². The van der Waals surface area contributed by atoms with Crippen molar-refractivity contribution in [3.63, 3.8) is 0 Å². The topological polar surface area (TPSA) is 3.24 Å². The van der Waals surface area contributed by atoms with Crippen LogP contribution in [0, 0.1) is 29.6 Å². The molecule has 9 aliphatic rings. The molecule has 0 spiro atoms. The molecule has 7 unspecified atom stereocenters. The highest BCUT2D eigenvalue weighted by molar-refractivity contribution is 5.59. The third-order valence-electron chi connectivity index (χ3n) is 15.6. The van der Waals surface area contributed by atoms with Gasteiger partial charge in [0, 0.05) is 24.5 Å². The van der Waals surface area contributed by atoms with Crippen LogP contribution in [0.25, 0.3) is 0 Å². The summed E-state index contributed by atoms with van der Waals surface area (Å²) in [6, 6.07) is 0.894. The second-order valence-electron chi connectivity index (χ2n) is 18.6. The Hall–Kier alpha value is -3.16. The normalized spacial score (nSPS) is 36.3. The Morgan fingerprint density at radius 1 is 0.836 bits per heavy atom. The summed E-state index contributed by atoms with van der Waals surface area (Å²) in [5.74, 6) is 3.23. The Morgan fingerprint density at radius 2 is 1.71 bits per heavy atom. The Bertz CT molecular complexity index is 1880. The van der Waals surface area contributed by atoms with E-state index in [-0.39, 0.29) is 0 Å². The van der Waals surface area contributed by atoms with Crippen molar-refractivity contribution < 1.29 is 0 Å². The summed E-state index contributed by atoms with van der Waals surface area (Å²) in [5.41, 5.74) is 18.4. The summed E-state index contributed by atoms with van der Waals surface area (Å²) in [7, 11) is 0. The molecule has 1 fully saturated rings. The third-order valence-corrected chi connectivity index (χ3v) is 15.6. The van der Waals surface area contributed by atoms with E-state index in [0.717, 1.165) is 12.5 Å². The van der Waals surface area contributed by atoms with Crippen molar-refractivity contribution in [1.29, 1.82) is 0 Å². The van der Waals surface area contributed by atoms with Crippen LogP contribution in [-0.4, -0.2) is 23.5 Å². The standard InChI is InChI=1S/C54H69N/c1-4-6-7-16-38(5-2)48-31-32-52(51-24-15-14-23-50(48)51)53-36-55(45-29-27-40-18-9-11-20-42(40)34-45)54-35-44(43-26-25-39-17-8-10-19-41(39)33-43)28-30-47(54)37(3)46-21-12-13-22-49(46)53/h11-12,14,16,20-21,23,25,27-30,33,40,42-43,45,51-52,54H,4-10,13,15,17-19,22,24,26,31-32,34-36H2,1-3H3/b38-16+,46-37+,53-49+. The number of fused-ring (bicyclic) bond motifs is 5. The van der Waals surface area contributed by atoms with Gasteiger partial charge in [-0.15, -0.1) is 0 Å². The molecule has 7 atom stereocenters. The van der Waals surface area contributed by atoms with Gasteiger partial charge in [0.1, 0.15) is 0 Å². The van der Waals surface area contributed by atoms with E-state index in [1.165, 1.54) is 122 Å². The lowest BCUT2D eigenvalue weighted by Crippen LogP contribution is -2.49. The minimum Gasteiger partial charge on any atom is -0.286 e. The summed E-state index contributed by atoms with van der Waals surface area (Å²) in [4.78, 5) is 3.09. The number of hydrogen-bond donors (Lipinski definition) is 0. The van der Waals surface area contributed by atoms with E-state index in [0.29, 0.717) is 35.8 Å². The Balaban J connectivity index is 1.13. The van der Waals surface area contributed by atoms with Crippen molar-refractivity contribution >= 4 is 0 Å². The first-order valence-corrected chi connectivity index (χ1v) is 23.2. The third kappa shape index (κ3) is 7.42. The van der Waals surface area contributed by atoms with Gasteiger partial charge in [0.15, 0.2) is 0 Å². The molecular weight excluding hydrogens is 663 g/mol. The predicted octanol–water partition coefficient (Wildman–Crippen LogP) is 14.4. The van der Waals surface area contributed by atoms with Crippen LogP contribution in [0.1, 0.15) is 143 Å². The van der Waals surface area contributed by atoms with Crippen LogP contribution in [0.4, 0.5) is 0 Å². The van der Waals surface area contributed by atoms with Crippen molar-refractivity contribution in [3.05, 3.63) is 140 Å². The molecule has 9 rings (SSSR count). The zero-order valence-electron chi connectivity index (χ0n) is 34.6. The van der Waals surface area contributed by atoms with E-state index in [4.69, 9.17) is 0 Å². The molecule has 290 valence electrons. The Morgan fingerprint density at radius 3 is 2.60 bits per heavy atom. The van der Waals surface area contributed by atoms with E-state index < -0.39 is 0 Å². The van der Waals surface area contributed by atoms with Gasteiger partial charge in [-0.2, -0.15) is 0 Å². The van der Waals surface area contributed by atoms with Crippen LogP contribution in [0.3, 0.4) is 0 Å². The second kappa shape index (κ2) is 16.7. The summed E-state index contributed by atoms with van der Waals surface area (Å²) >= 11 is 0. The van der Waals surface area contributed by atoms with Gasteiger partial charge in [-0.25, -0.2) is 0 Å². The maximum atomic E-state index is 3.09. The number of allylic oxidation sites excluding steroid dienone is 19. The van der Waals surface area contributed by atoms with Crippen LogP contribution in [0.5, 0.6) is 0 Å². The van der Waals surface area contributed by atoms with Crippen LogP contribution in [-0.2, 0) is 0 Å². The summed E-state index contributed by atoms with van der Waals surface area (Å²) in [5, 5.41) is 0. The number of nitrogens with zero attached hydrogens (tertiary/aromatic N) is 1. The average molecular weight is 732 g/mol. The van der Waals surface area contributed by atoms with Crippen molar-refractivity contribution in [3.8, 4) is 0 Å². The fourth-order valence-electron chi connectivity index (χ4n) is 12.6. The molecule has 55 heavy (non-hydrogen) atoms. The van der Waals surface area contributed by atoms with Crippen molar-refractivity contribution in [2.24, 2.45) is 29.6 Å². The summed E-state index contributed by atoms with van der Waals surface area (Å²) in [6.07, 6.45) is 57.7. The number of hydrogen-bond acceptors (Lipinski definition) is 1. The smallest absolute Gasteiger partial charge is 0.0397 e. The monoisotopic (exact) mass is 732 g/mol. The van der Waals surface area contributed by atoms with Crippen LogP contribution in [0.15, 0.2) is 140 Å². The molecule has 1 aliphatic heterocycles. The quantitative estimate of drug-likeness (QED) is 0.177. The molecular formula is C54H69N.